The fraction of sp³-hybridized carbons (Fsp3) is 0.429. The molecule has 0 fully saturated rings. The Morgan fingerprint density at radius 1 is 1.45 bits per heavy atom. The van der Waals surface area contributed by atoms with E-state index in [-0.39, 0.29) is 5.91 Å². The number of hydrogen-bond donors (Lipinski definition) is 2. The topological polar surface area (TPSA) is 68.0 Å². The molecule has 0 aromatic carbocycles. The van der Waals surface area contributed by atoms with Gasteiger partial charge in [-0.3, -0.25) is 9.78 Å². The Labute approximate surface area is 127 Å². The molecule has 0 saturated carbocycles. The summed E-state index contributed by atoms with van der Waals surface area (Å²) in [6.45, 7) is 0.707. The first kappa shape index (κ1) is 15.1. The van der Waals surface area contributed by atoms with E-state index in [0.717, 1.165) is 22.9 Å². The number of hydrogen-bond acceptors (Lipinski definition) is 5. The third kappa shape index (κ3) is 3.64. The molecule has 0 spiro atoms. The van der Waals surface area contributed by atoms with E-state index in [4.69, 9.17) is 5.73 Å². The first-order valence-electron chi connectivity index (χ1n) is 6.63. The van der Waals surface area contributed by atoms with Crippen LogP contribution < -0.4 is 11.1 Å². The van der Waals surface area contributed by atoms with Gasteiger partial charge in [-0.25, -0.2) is 0 Å². The minimum Gasteiger partial charge on any atom is -0.397 e. The number of nitrogens with two attached hydrogens (primary N) is 1. The number of pyridine rings is 1. The molecule has 0 aliphatic heterocycles. The smallest absolute Gasteiger partial charge is 0.263 e. The Bertz CT molecular complexity index is 583. The number of nitrogen functional groups attached to an aromatic ring is 1. The van der Waals surface area contributed by atoms with Gasteiger partial charge in [-0.1, -0.05) is 6.42 Å². The monoisotopic (exact) mass is 309 g/mol. The number of unbranched alkanes of at least 4 members (excludes halogenated alkanes) is 2. The lowest BCUT2D eigenvalue weighted by Crippen LogP contribution is -2.24. The number of rotatable bonds is 7. The number of carbonyl (C=O) groups is 1. The van der Waals surface area contributed by atoms with Crippen molar-refractivity contribution in [2.24, 2.45) is 0 Å². The Kier molecular flexibility index (Phi) is 5.67. The van der Waals surface area contributed by atoms with Crippen molar-refractivity contribution in [3.63, 3.8) is 0 Å². The van der Waals surface area contributed by atoms with E-state index in [1.54, 1.807) is 12.4 Å². The summed E-state index contributed by atoms with van der Waals surface area (Å²) in [5.41, 5.74) is 6.59. The molecule has 0 atom stereocenters. The molecule has 0 aliphatic carbocycles. The zero-order valence-electron chi connectivity index (χ0n) is 11.5. The fourth-order valence-corrected chi connectivity index (χ4v) is 3.47. The van der Waals surface area contributed by atoms with Gasteiger partial charge in [0.2, 0.25) is 0 Å². The van der Waals surface area contributed by atoms with Crippen molar-refractivity contribution in [3.8, 4) is 0 Å². The molecule has 4 nitrogen and oxygen atoms in total. The van der Waals surface area contributed by atoms with Gasteiger partial charge >= 0.3 is 0 Å². The van der Waals surface area contributed by atoms with Crippen molar-refractivity contribution in [1.29, 1.82) is 0 Å². The van der Waals surface area contributed by atoms with E-state index in [2.05, 4.69) is 16.6 Å². The molecule has 0 bridgehead atoms. The Balaban J connectivity index is 1.89. The fourth-order valence-electron chi connectivity index (χ4n) is 1.97. The molecular formula is C14H19N3OS2. The maximum Gasteiger partial charge on any atom is 0.263 e. The van der Waals surface area contributed by atoms with Crippen molar-refractivity contribution in [2.45, 2.75) is 19.3 Å². The lowest BCUT2D eigenvalue weighted by atomic mass is 10.2. The number of nitrogens with one attached hydrogen (secondary N) is 1. The quantitative estimate of drug-likeness (QED) is 0.771. The van der Waals surface area contributed by atoms with Crippen LogP contribution in [0.1, 0.15) is 28.9 Å². The van der Waals surface area contributed by atoms with E-state index in [0.29, 0.717) is 17.1 Å². The van der Waals surface area contributed by atoms with Crippen LogP contribution >= 0.6 is 23.1 Å². The summed E-state index contributed by atoms with van der Waals surface area (Å²) >= 11 is 3.26. The highest BCUT2D eigenvalue weighted by molar-refractivity contribution is 7.98. The van der Waals surface area contributed by atoms with Crippen molar-refractivity contribution in [3.05, 3.63) is 23.3 Å². The minimum absolute atomic E-state index is 0.0754. The van der Waals surface area contributed by atoms with Gasteiger partial charge in [0.25, 0.3) is 5.91 Å². The summed E-state index contributed by atoms with van der Waals surface area (Å²) < 4.78 is 0.954. The average Bonchev–Trinajstić information content (AvgIpc) is 2.80. The number of amides is 1. The predicted octanol–water partition coefficient (Wildman–Crippen LogP) is 3.14. The van der Waals surface area contributed by atoms with Gasteiger partial charge in [-0.2, -0.15) is 11.8 Å². The third-order valence-corrected chi connectivity index (χ3v) is 4.90. The number of anilines is 1. The van der Waals surface area contributed by atoms with Crippen LogP contribution in [-0.2, 0) is 0 Å². The molecule has 2 heterocycles. The highest BCUT2D eigenvalue weighted by atomic mass is 32.2. The summed E-state index contributed by atoms with van der Waals surface area (Å²) in [7, 11) is 0. The number of thioether (sulfide) groups is 1. The number of nitrogens with zero attached hydrogens (tertiary/aromatic N) is 1. The minimum atomic E-state index is -0.0754. The number of carbonyl (C=O) groups excluding carboxylic acids is 1. The molecule has 2 aromatic heterocycles. The van der Waals surface area contributed by atoms with Gasteiger partial charge in [0.05, 0.1) is 10.4 Å². The molecule has 2 rings (SSSR count). The van der Waals surface area contributed by atoms with E-state index in [1.165, 1.54) is 23.5 Å². The van der Waals surface area contributed by atoms with Crippen molar-refractivity contribution in [2.75, 3.05) is 24.3 Å². The van der Waals surface area contributed by atoms with Crippen LogP contribution in [0, 0.1) is 0 Å². The van der Waals surface area contributed by atoms with Crippen LogP contribution in [0.3, 0.4) is 0 Å². The number of fused-ring (bicyclic) bond motifs is 1. The van der Waals surface area contributed by atoms with Crippen molar-refractivity contribution >= 4 is 44.8 Å². The zero-order valence-corrected chi connectivity index (χ0v) is 13.1. The highest BCUT2D eigenvalue weighted by Gasteiger charge is 2.15. The average molecular weight is 309 g/mol. The van der Waals surface area contributed by atoms with Crippen LogP contribution in [-0.4, -0.2) is 29.4 Å². The van der Waals surface area contributed by atoms with E-state index in [9.17, 15) is 4.79 Å². The van der Waals surface area contributed by atoms with Gasteiger partial charge < -0.3 is 11.1 Å². The second-order valence-electron chi connectivity index (χ2n) is 4.53. The van der Waals surface area contributed by atoms with Gasteiger partial charge in [-0.15, -0.1) is 11.3 Å². The van der Waals surface area contributed by atoms with Gasteiger partial charge in [0.15, 0.2) is 0 Å². The van der Waals surface area contributed by atoms with E-state index < -0.39 is 0 Å². The van der Waals surface area contributed by atoms with Crippen LogP contribution in [0.5, 0.6) is 0 Å². The predicted molar refractivity (Wildman–Crippen MR) is 88.6 cm³/mol. The molecule has 0 aliphatic rings. The Morgan fingerprint density at radius 2 is 2.30 bits per heavy atom. The normalized spacial score (nSPS) is 10.8. The van der Waals surface area contributed by atoms with Crippen LogP contribution in [0.25, 0.3) is 10.1 Å². The lowest BCUT2D eigenvalue weighted by Gasteiger charge is -2.04. The molecule has 0 radical (unpaired) electrons. The molecule has 3 N–H and O–H groups in total. The maximum absolute atomic E-state index is 12.1. The molecule has 108 valence electrons. The summed E-state index contributed by atoms with van der Waals surface area (Å²) in [5.74, 6) is 1.11. The highest BCUT2D eigenvalue weighted by Crippen LogP contribution is 2.32. The standard InChI is InChI=1S/C14H19N3OS2/c1-19-8-4-2-3-6-17-14(18)13-12(15)10-5-7-16-9-11(10)20-13/h5,7,9H,2-4,6,8,15H2,1H3,(H,17,18). The SMILES string of the molecule is CSCCCCCNC(=O)c1sc2cnccc2c1N. The van der Waals surface area contributed by atoms with Crippen molar-refractivity contribution < 1.29 is 4.79 Å². The van der Waals surface area contributed by atoms with E-state index >= 15 is 0 Å². The maximum atomic E-state index is 12.1. The van der Waals surface area contributed by atoms with Crippen LogP contribution in [0.2, 0.25) is 0 Å². The van der Waals surface area contributed by atoms with Crippen molar-refractivity contribution in [1.82, 2.24) is 10.3 Å². The summed E-state index contributed by atoms with van der Waals surface area (Å²) in [4.78, 5) is 16.8. The molecule has 20 heavy (non-hydrogen) atoms. The molecule has 1 amide bonds. The van der Waals surface area contributed by atoms with Crippen LogP contribution in [0.4, 0.5) is 5.69 Å². The number of thiophene rings is 1. The van der Waals surface area contributed by atoms with E-state index in [1.807, 2.05) is 17.8 Å². The van der Waals surface area contributed by atoms with Crippen LogP contribution in [0.15, 0.2) is 18.5 Å². The van der Waals surface area contributed by atoms with Gasteiger partial charge in [0.1, 0.15) is 4.88 Å². The summed E-state index contributed by atoms with van der Waals surface area (Å²) in [6, 6.07) is 1.85. The lowest BCUT2D eigenvalue weighted by molar-refractivity contribution is 0.0958. The molecular weight excluding hydrogens is 290 g/mol. The molecule has 0 saturated heterocycles. The largest absolute Gasteiger partial charge is 0.397 e. The first-order valence-corrected chi connectivity index (χ1v) is 8.84. The number of aromatic nitrogens is 1. The Hall–Kier alpha value is -1.27. The second kappa shape index (κ2) is 7.50. The summed E-state index contributed by atoms with van der Waals surface area (Å²) in [6.07, 6.45) is 8.91. The molecule has 6 heteroatoms. The van der Waals surface area contributed by atoms with Gasteiger partial charge in [-0.05, 0) is 30.9 Å². The molecule has 0 unspecified atom stereocenters. The Morgan fingerprint density at radius 3 is 3.05 bits per heavy atom. The third-order valence-electron chi connectivity index (χ3n) is 3.05. The van der Waals surface area contributed by atoms with Gasteiger partial charge in [0, 0.05) is 24.3 Å². The first-order chi connectivity index (χ1) is 9.74. The second-order valence-corrected chi connectivity index (χ2v) is 6.56. The zero-order chi connectivity index (χ0) is 14.4. The molecule has 2 aromatic rings. The summed E-state index contributed by atoms with van der Waals surface area (Å²) in [5, 5.41) is 3.85.